The lowest BCUT2D eigenvalue weighted by molar-refractivity contribution is -0.132. The molecule has 0 N–H and O–H groups in total. The van der Waals surface area contributed by atoms with E-state index < -0.39 is 0 Å². The number of rotatable bonds is 8. The second-order valence-electron chi connectivity index (χ2n) is 7.11. The van der Waals surface area contributed by atoms with Crippen molar-refractivity contribution in [3.8, 4) is 0 Å². The zero-order valence-electron chi connectivity index (χ0n) is 15.7. The fraction of sp³-hybridized carbons (Fsp3) is 0.391. The zero-order chi connectivity index (χ0) is 18.9. The number of hydrogen-bond acceptors (Lipinski definition) is 3. The minimum absolute atomic E-state index is 0.0353. The van der Waals surface area contributed by atoms with E-state index in [1.807, 2.05) is 41.3 Å². The van der Waals surface area contributed by atoms with Gasteiger partial charge in [-0.1, -0.05) is 60.7 Å². The number of nitrogens with zero attached hydrogens (tertiary/aromatic N) is 1. The fourth-order valence-electron chi connectivity index (χ4n) is 3.41. The number of Topliss-reactive ketones (excluding diaryl/α,β-unsaturated/α-hetero) is 1. The minimum Gasteiger partial charge on any atom is -0.376 e. The first kappa shape index (κ1) is 19.3. The van der Waals surface area contributed by atoms with E-state index in [2.05, 4.69) is 12.1 Å². The number of piperidine rings is 1. The SMILES string of the molecule is O=C(CCC(=O)N1CCC(COCc2ccccc2)CC1)c1ccccc1. The summed E-state index contributed by atoms with van der Waals surface area (Å²) < 4.78 is 5.83. The van der Waals surface area contributed by atoms with Crippen molar-refractivity contribution in [2.45, 2.75) is 32.3 Å². The van der Waals surface area contributed by atoms with Gasteiger partial charge in [-0.2, -0.15) is 0 Å². The van der Waals surface area contributed by atoms with Crippen molar-refractivity contribution in [3.63, 3.8) is 0 Å². The molecule has 0 unspecified atom stereocenters. The average Bonchev–Trinajstić information content (AvgIpc) is 2.73. The van der Waals surface area contributed by atoms with Crippen LogP contribution in [0.25, 0.3) is 0 Å². The van der Waals surface area contributed by atoms with Gasteiger partial charge >= 0.3 is 0 Å². The van der Waals surface area contributed by atoms with Crippen LogP contribution in [-0.2, 0) is 16.1 Å². The van der Waals surface area contributed by atoms with Crippen LogP contribution in [0.15, 0.2) is 60.7 Å². The van der Waals surface area contributed by atoms with Crippen molar-refractivity contribution in [2.24, 2.45) is 5.92 Å². The monoisotopic (exact) mass is 365 g/mol. The topological polar surface area (TPSA) is 46.6 Å². The summed E-state index contributed by atoms with van der Waals surface area (Å²) in [6, 6.07) is 19.4. The molecule has 3 rings (SSSR count). The predicted octanol–water partition coefficient (Wildman–Crippen LogP) is 4.10. The van der Waals surface area contributed by atoms with Gasteiger partial charge in [-0.3, -0.25) is 9.59 Å². The maximum absolute atomic E-state index is 12.4. The summed E-state index contributed by atoms with van der Waals surface area (Å²) in [5.74, 6) is 0.625. The molecule has 1 saturated heterocycles. The first-order valence-corrected chi connectivity index (χ1v) is 9.70. The molecule has 1 aliphatic heterocycles. The van der Waals surface area contributed by atoms with E-state index in [0.29, 0.717) is 24.5 Å². The number of likely N-dealkylation sites (tertiary alicyclic amines) is 1. The summed E-state index contributed by atoms with van der Waals surface area (Å²) >= 11 is 0. The Balaban J connectivity index is 1.33. The van der Waals surface area contributed by atoms with Gasteiger partial charge in [0.15, 0.2) is 5.78 Å². The molecular formula is C23H27NO3. The molecule has 0 radical (unpaired) electrons. The lowest BCUT2D eigenvalue weighted by atomic mass is 9.97. The number of benzene rings is 2. The molecule has 0 aromatic heterocycles. The Bertz CT molecular complexity index is 722. The molecule has 0 saturated carbocycles. The van der Waals surface area contributed by atoms with E-state index in [4.69, 9.17) is 4.74 Å². The molecule has 2 aromatic rings. The molecule has 142 valence electrons. The molecule has 4 heteroatoms. The van der Waals surface area contributed by atoms with Crippen molar-refractivity contribution in [1.29, 1.82) is 0 Å². The molecule has 1 amide bonds. The van der Waals surface area contributed by atoms with Gasteiger partial charge in [0.2, 0.25) is 5.91 Å². The van der Waals surface area contributed by atoms with Crippen LogP contribution in [0.4, 0.5) is 0 Å². The Labute approximate surface area is 161 Å². The Kier molecular flexibility index (Phi) is 7.17. The summed E-state index contributed by atoms with van der Waals surface area (Å²) in [6.07, 6.45) is 2.51. The third kappa shape index (κ3) is 6.04. The van der Waals surface area contributed by atoms with Gasteiger partial charge in [0.25, 0.3) is 0 Å². The predicted molar refractivity (Wildman–Crippen MR) is 105 cm³/mol. The molecule has 0 aliphatic carbocycles. The first-order valence-electron chi connectivity index (χ1n) is 9.70. The van der Waals surface area contributed by atoms with Crippen LogP contribution >= 0.6 is 0 Å². The number of ether oxygens (including phenoxy) is 1. The van der Waals surface area contributed by atoms with Gasteiger partial charge in [0.1, 0.15) is 0 Å². The van der Waals surface area contributed by atoms with Crippen LogP contribution in [0.1, 0.15) is 41.6 Å². The highest BCUT2D eigenvalue weighted by molar-refractivity contribution is 5.97. The van der Waals surface area contributed by atoms with Crippen LogP contribution in [0.3, 0.4) is 0 Å². The van der Waals surface area contributed by atoms with Gasteiger partial charge in [-0.25, -0.2) is 0 Å². The van der Waals surface area contributed by atoms with Crippen LogP contribution in [-0.4, -0.2) is 36.3 Å². The van der Waals surface area contributed by atoms with Gasteiger partial charge in [-0.05, 0) is 24.3 Å². The van der Waals surface area contributed by atoms with E-state index in [1.54, 1.807) is 12.1 Å². The highest BCUT2D eigenvalue weighted by Crippen LogP contribution is 2.19. The lowest BCUT2D eigenvalue weighted by Crippen LogP contribution is -2.39. The molecular weight excluding hydrogens is 338 g/mol. The highest BCUT2D eigenvalue weighted by atomic mass is 16.5. The van der Waals surface area contributed by atoms with Crippen LogP contribution in [0.5, 0.6) is 0 Å². The van der Waals surface area contributed by atoms with E-state index in [0.717, 1.165) is 32.5 Å². The molecule has 4 nitrogen and oxygen atoms in total. The van der Waals surface area contributed by atoms with Crippen molar-refractivity contribution in [2.75, 3.05) is 19.7 Å². The molecule has 1 fully saturated rings. The van der Waals surface area contributed by atoms with E-state index in [9.17, 15) is 9.59 Å². The Morgan fingerprint density at radius 1 is 0.889 bits per heavy atom. The molecule has 0 atom stereocenters. The molecule has 2 aromatic carbocycles. The standard InChI is InChI=1S/C23H27NO3/c25-22(21-9-5-2-6-10-21)11-12-23(26)24-15-13-20(14-16-24)18-27-17-19-7-3-1-4-8-19/h1-10,20H,11-18H2. The summed E-state index contributed by atoms with van der Waals surface area (Å²) in [5, 5.41) is 0. The number of ketones is 1. The van der Waals surface area contributed by atoms with Gasteiger partial charge < -0.3 is 9.64 Å². The van der Waals surface area contributed by atoms with Gasteiger partial charge in [0, 0.05) is 38.1 Å². The Hall–Kier alpha value is -2.46. The van der Waals surface area contributed by atoms with Gasteiger partial charge in [-0.15, -0.1) is 0 Å². The quantitative estimate of drug-likeness (QED) is 0.662. The van der Waals surface area contributed by atoms with Crippen molar-refractivity contribution in [1.82, 2.24) is 4.90 Å². The lowest BCUT2D eigenvalue weighted by Gasteiger charge is -2.32. The molecule has 1 aliphatic rings. The van der Waals surface area contributed by atoms with Crippen LogP contribution in [0, 0.1) is 5.92 Å². The normalized spacial score (nSPS) is 14.9. The zero-order valence-corrected chi connectivity index (χ0v) is 15.7. The maximum Gasteiger partial charge on any atom is 0.223 e. The number of carbonyl (C=O) groups is 2. The van der Waals surface area contributed by atoms with Crippen LogP contribution in [0.2, 0.25) is 0 Å². The molecule has 1 heterocycles. The Morgan fingerprint density at radius 3 is 2.19 bits per heavy atom. The number of hydrogen-bond donors (Lipinski definition) is 0. The van der Waals surface area contributed by atoms with Crippen molar-refractivity contribution in [3.05, 3.63) is 71.8 Å². The Morgan fingerprint density at radius 2 is 1.52 bits per heavy atom. The van der Waals surface area contributed by atoms with E-state index in [1.165, 1.54) is 5.56 Å². The first-order chi connectivity index (χ1) is 13.2. The van der Waals surface area contributed by atoms with Crippen molar-refractivity contribution >= 4 is 11.7 Å². The largest absolute Gasteiger partial charge is 0.376 e. The fourth-order valence-corrected chi connectivity index (χ4v) is 3.41. The maximum atomic E-state index is 12.4. The molecule has 27 heavy (non-hydrogen) atoms. The smallest absolute Gasteiger partial charge is 0.223 e. The van der Waals surface area contributed by atoms with Crippen molar-refractivity contribution < 1.29 is 14.3 Å². The number of amides is 1. The summed E-state index contributed by atoms with van der Waals surface area (Å²) in [7, 11) is 0. The summed E-state index contributed by atoms with van der Waals surface area (Å²) in [4.78, 5) is 26.4. The third-order valence-electron chi connectivity index (χ3n) is 5.09. The second kappa shape index (κ2) is 10.0. The second-order valence-corrected chi connectivity index (χ2v) is 7.11. The summed E-state index contributed by atoms with van der Waals surface area (Å²) in [5.41, 5.74) is 1.87. The summed E-state index contributed by atoms with van der Waals surface area (Å²) in [6.45, 7) is 2.90. The highest BCUT2D eigenvalue weighted by Gasteiger charge is 2.23. The average molecular weight is 365 g/mol. The van der Waals surface area contributed by atoms with Crippen LogP contribution < -0.4 is 0 Å². The minimum atomic E-state index is 0.0353. The third-order valence-corrected chi connectivity index (χ3v) is 5.09. The molecule has 0 bridgehead atoms. The van der Waals surface area contributed by atoms with Gasteiger partial charge in [0.05, 0.1) is 6.61 Å². The van der Waals surface area contributed by atoms with E-state index in [-0.39, 0.29) is 18.1 Å². The number of carbonyl (C=O) groups excluding carboxylic acids is 2. The molecule has 0 spiro atoms. The van der Waals surface area contributed by atoms with E-state index >= 15 is 0 Å².